The van der Waals surface area contributed by atoms with Crippen molar-refractivity contribution in [1.29, 1.82) is 0 Å². The summed E-state index contributed by atoms with van der Waals surface area (Å²) < 4.78 is 10.8. The van der Waals surface area contributed by atoms with E-state index >= 15 is 0 Å². The number of fused-ring (bicyclic) bond motifs is 3. The van der Waals surface area contributed by atoms with Crippen LogP contribution < -0.4 is 26.4 Å². The first-order chi connectivity index (χ1) is 21.0. The summed E-state index contributed by atoms with van der Waals surface area (Å²) in [6.45, 7) is 7.38. The van der Waals surface area contributed by atoms with Gasteiger partial charge < -0.3 is 36.1 Å². The highest BCUT2D eigenvalue weighted by Crippen LogP contribution is 2.36. The molecule has 2 aromatic carbocycles. The Morgan fingerprint density at radius 2 is 1.75 bits per heavy atom. The number of hydrogen-bond acceptors (Lipinski definition) is 6. The molecule has 0 saturated carbocycles. The largest absolute Gasteiger partial charge is 0.497 e. The third-order valence-electron chi connectivity index (χ3n) is 8.52. The van der Waals surface area contributed by atoms with Gasteiger partial charge in [-0.3, -0.25) is 14.4 Å². The smallest absolute Gasteiger partial charge is 0.408 e. The maximum atomic E-state index is 14.1. The number of ether oxygens (including phenoxy) is 2. The van der Waals surface area contributed by atoms with Crippen LogP contribution in [-0.4, -0.2) is 53.5 Å². The van der Waals surface area contributed by atoms with E-state index in [9.17, 15) is 19.2 Å². The monoisotopic (exact) mass is 605 g/mol. The standard InChI is InChI=1S/C33H43N5O6/c1-6-20(4)28(37-32(42)44-18-21-10-8-7-9-11-21)30(40)38-33(31(41)36-27(19(2)3)29(34)39)15-14-26-24(17-33)23-16-22(43-5)12-13-25(23)35-26/h7-13,16,19-20,27-28,35H,6,14-15,17-18H2,1-5H3,(H2,34,39)(H,36,41)(H,37,42)(H,38,40)/t20-,27-,28-,33-/m0/s1. The van der Waals surface area contributed by atoms with Crippen LogP contribution >= 0.6 is 0 Å². The summed E-state index contributed by atoms with van der Waals surface area (Å²) in [5.41, 5.74) is 7.74. The molecule has 0 radical (unpaired) electrons. The number of aromatic amines is 1. The number of carbonyl (C=O) groups excluding carboxylic acids is 4. The molecule has 11 heteroatoms. The predicted octanol–water partition coefficient (Wildman–Crippen LogP) is 3.49. The molecule has 3 aromatic rings. The maximum Gasteiger partial charge on any atom is 0.408 e. The van der Waals surface area contributed by atoms with Crippen molar-refractivity contribution >= 4 is 34.7 Å². The van der Waals surface area contributed by atoms with E-state index < -0.39 is 41.4 Å². The Hall–Kier alpha value is -4.54. The highest BCUT2D eigenvalue weighted by molar-refractivity contribution is 5.98. The van der Waals surface area contributed by atoms with Gasteiger partial charge in [-0.15, -0.1) is 0 Å². The van der Waals surface area contributed by atoms with E-state index in [1.807, 2.05) is 62.4 Å². The topological polar surface area (TPSA) is 165 Å². The molecule has 0 bridgehead atoms. The summed E-state index contributed by atoms with van der Waals surface area (Å²) in [7, 11) is 1.58. The van der Waals surface area contributed by atoms with Crippen molar-refractivity contribution in [3.8, 4) is 5.75 Å². The average Bonchev–Trinajstić information content (AvgIpc) is 3.37. The molecule has 11 nitrogen and oxygen atoms in total. The third-order valence-corrected chi connectivity index (χ3v) is 8.52. The van der Waals surface area contributed by atoms with Crippen molar-refractivity contribution in [1.82, 2.24) is 20.9 Å². The molecule has 0 aliphatic heterocycles. The molecule has 44 heavy (non-hydrogen) atoms. The lowest BCUT2D eigenvalue weighted by Crippen LogP contribution is -2.67. The Morgan fingerprint density at radius 1 is 1.02 bits per heavy atom. The highest BCUT2D eigenvalue weighted by Gasteiger charge is 2.46. The fourth-order valence-electron chi connectivity index (χ4n) is 5.66. The number of amides is 4. The van der Waals surface area contributed by atoms with E-state index in [0.717, 1.165) is 27.7 Å². The van der Waals surface area contributed by atoms with Crippen molar-refractivity contribution in [2.24, 2.45) is 17.6 Å². The Morgan fingerprint density at radius 3 is 2.39 bits per heavy atom. The number of carbonyl (C=O) groups is 4. The minimum atomic E-state index is -1.42. The number of H-pyrrole nitrogens is 1. The number of nitrogens with two attached hydrogens (primary N) is 1. The number of aryl methyl sites for hydroxylation is 1. The highest BCUT2D eigenvalue weighted by atomic mass is 16.5. The molecule has 0 spiro atoms. The number of aromatic nitrogens is 1. The Bertz CT molecular complexity index is 1500. The van der Waals surface area contributed by atoms with Gasteiger partial charge in [-0.2, -0.15) is 0 Å². The molecular formula is C33H43N5O6. The quantitative estimate of drug-likeness (QED) is 0.212. The fraction of sp³-hybridized carbons (Fsp3) is 0.455. The normalized spacial score (nSPS) is 18.0. The van der Waals surface area contributed by atoms with Crippen molar-refractivity contribution < 1.29 is 28.7 Å². The second-order valence-electron chi connectivity index (χ2n) is 11.9. The van der Waals surface area contributed by atoms with Crippen molar-refractivity contribution in [2.75, 3.05) is 7.11 Å². The van der Waals surface area contributed by atoms with Crippen LogP contribution in [0.2, 0.25) is 0 Å². The summed E-state index contributed by atoms with van der Waals surface area (Å²) in [5.74, 6) is -1.58. The van der Waals surface area contributed by atoms with Crippen LogP contribution in [-0.2, 0) is 38.6 Å². The molecule has 1 aromatic heterocycles. The first-order valence-electron chi connectivity index (χ1n) is 15.0. The molecule has 4 rings (SSSR count). The first-order valence-corrected chi connectivity index (χ1v) is 15.0. The second-order valence-corrected chi connectivity index (χ2v) is 11.9. The summed E-state index contributed by atoms with van der Waals surface area (Å²) >= 11 is 0. The van der Waals surface area contributed by atoms with Gasteiger partial charge in [0.1, 0.15) is 30.0 Å². The van der Waals surface area contributed by atoms with E-state index in [-0.39, 0.29) is 31.3 Å². The molecule has 6 N–H and O–H groups in total. The molecule has 4 atom stereocenters. The minimum Gasteiger partial charge on any atom is -0.497 e. The van der Waals surface area contributed by atoms with Crippen molar-refractivity contribution in [2.45, 2.75) is 77.6 Å². The number of primary amides is 1. The number of nitrogens with one attached hydrogen (secondary N) is 4. The zero-order valence-corrected chi connectivity index (χ0v) is 26.0. The van der Waals surface area contributed by atoms with Crippen LogP contribution in [0, 0.1) is 11.8 Å². The lowest BCUT2D eigenvalue weighted by Gasteiger charge is -2.39. The van der Waals surface area contributed by atoms with Crippen LogP contribution in [0.5, 0.6) is 5.75 Å². The van der Waals surface area contributed by atoms with E-state index in [0.29, 0.717) is 18.6 Å². The molecule has 0 unspecified atom stereocenters. The number of methoxy groups -OCH3 is 1. The fourth-order valence-corrected chi connectivity index (χ4v) is 5.66. The molecule has 236 valence electrons. The van der Waals surface area contributed by atoms with E-state index in [4.69, 9.17) is 15.2 Å². The molecule has 1 aliphatic carbocycles. The zero-order chi connectivity index (χ0) is 32.0. The van der Waals surface area contributed by atoms with E-state index in [2.05, 4.69) is 20.9 Å². The van der Waals surface area contributed by atoms with E-state index in [1.54, 1.807) is 21.0 Å². The number of benzene rings is 2. The van der Waals surface area contributed by atoms with Gasteiger partial charge in [0, 0.05) is 23.0 Å². The number of hydrogen-bond donors (Lipinski definition) is 5. The van der Waals surface area contributed by atoms with Gasteiger partial charge in [0.2, 0.25) is 17.7 Å². The minimum absolute atomic E-state index is 0.0460. The average molecular weight is 606 g/mol. The number of alkyl carbamates (subject to hydrolysis) is 1. The maximum absolute atomic E-state index is 14.1. The Labute approximate surface area is 257 Å². The van der Waals surface area contributed by atoms with Crippen LogP contribution in [0.3, 0.4) is 0 Å². The summed E-state index contributed by atoms with van der Waals surface area (Å²) in [4.78, 5) is 56.7. The third kappa shape index (κ3) is 7.15. The lowest BCUT2D eigenvalue weighted by molar-refractivity contribution is -0.137. The zero-order valence-electron chi connectivity index (χ0n) is 26.0. The summed E-state index contributed by atoms with van der Waals surface area (Å²) in [5, 5.41) is 9.42. The van der Waals surface area contributed by atoms with Crippen molar-refractivity contribution in [3.05, 3.63) is 65.4 Å². The van der Waals surface area contributed by atoms with E-state index in [1.165, 1.54) is 0 Å². The molecule has 0 fully saturated rings. The summed E-state index contributed by atoms with van der Waals surface area (Å²) in [6.07, 6.45) is 0.721. The van der Waals surface area contributed by atoms with Gasteiger partial charge in [0.05, 0.1) is 7.11 Å². The Balaban J connectivity index is 1.64. The van der Waals surface area contributed by atoms with Gasteiger partial charge in [-0.25, -0.2) is 4.79 Å². The van der Waals surface area contributed by atoms with Crippen LogP contribution in [0.15, 0.2) is 48.5 Å². The van der Waals surface area contributed by atoms with Gasteiger partial charge in [-0.1, -0.05) is 64.4 Å². The first kappa shape index (κ1) is 32.4. The Kier molecular flexibility index (Phi) is 10.2. The van der Waals surface area contributed by atoms with Crippen molar-refractivity contribution in [3.63, 3.8) is 0 Å². The van der Waals surface area contributed by atoms with Crippen LogP contribution in [0.4, 0.5) is 4.79 Å². The van der Waals surface area contributed by atoms with Gasteiger partial charge in [0.25, 0.3) is 0 Å². The van der Waals surface area contributed by atoms with Crippen LogP contribution in [0.1, 0.15) is 57.4 Å². The molecule has 4 amide bonds. The number of rotatable bonds is 12. The second kappa shape index (κ2) is 13.8. The molecule has 1 heterocycles. The summed E-state index contributed by atoms with van der Waals surface area (Å²) in [6, 6.07) is 13.0. The van der Waals surface area contributed by atoms with Gasteiger partial charge in [-0.05, 0) is 54.0 Å². The predicted molar refractivity (Wildman–Crippen MR) is 167 cm³/mol. The lowest BCUT2D eigenvalue weighted by atomic mass is 9.78. The SMILES string of the molecule is CC[C@H](C)[C@H](NC(=O)OCc1ccccc1)C(=O)N[C@@]1(C(=O)N[C@H](C(N)=O)C(C)C)CCc2[nH]c3ccc(OC)cc3c2C1. The van der Waals surface area contributed by atoms with Gasteiger partial charge >= 0.3 is 6.09 Å². The van der Waals surface area contributed by atoms with Gasteiger partial charge in [0.15, 0.2) is 0 Å². The molecular weight excluding hydrogens is 562 g/mol. The molecule has 0 saturated heterocycles. The molecule has 1 aliphatic rings. The van der Waals surface area contributed by atoms with Crippen LogP contribution in [0.25, 0.3) is 10.9 Å².